The van der Waals surface area contributed by atoms with Crippen LogP contribution in [-0.2, 0) is 0 Å². The molecule has 2 rings (SSSR count). The van der Waals surface area contributed by atoms with E-state index in [1.807, 2.05) is 0 Å². The molecule has 19 heavy (non-hydrogen) atoms. The second-order valence-electron chi connectivity index (χ2n) is 5.68. The first-order chi connectivity index (χ1) is 9.08. The molecule has 1 aromatic carbocycles. The summed E-state index contributed by atoms with van der Waals surface area (Å²) in [5.41, 5.74) is 0.647. The first-order valence-electron chi connectivity index (χ1n) is 7.17. The number of hydrogen-bond donors (Lipinski definition) is 0. The van der Waals surface area contributed by atoms with E-state index in [1.54, 1.807) is 6.92 Å². The molecule has 0 aliphatic heterocycles. The quantitative estimate of drug-likeness (QED) is 0.478. The van der Waals surface area contributed by atoms with E-state index >= 15 is 0 Å². The lowest BCUT2D eigenvalue weighted by Crippen LogP contribution is -2.06. The van der Waals surface area contributed by atoms with E-state index in [-0.39, 0.29) is 11.6 Å². The molecule has 1 aromatic rings. The molecule has 0 radical (unpaired) electrons. The monoisotopic (exact) mass is 286 g/mol. The normalized spacial score (nSPS) is 19.2. The molecule has 0 heterocycles. The highest BCUT2D eigenvalue weighted by Gasteiger charge is 2.21. The van der Waals surface area contributed by atoms with Crippen molar-refractivity contribution in [3.63, 3.8) is 0 Å². The first kappa shape index (κ1) is 14.8. The van der Waals surface area contributed by atoms with Gasteiger partial charge in [-0.1, -0.05) is 38.5 Å². The second kappa shape index (κ2) is 6.69. The molecule has 0 bridgehead atoms. The van der Waals surface area contributed by atoms with E-state index in [4.69, 9.17) is 11.6 Å². The Balaban J connectivity index is 2.06. The van der Waals surface area contributed by atoms with Gasteiger partial charge in [-0.2, -0.15) is 0 Å². The number of halogens is 3. The van der Waals surface area contributed by atoms with Crippen LogP contribution in [0.5, 0.6) is 0 Å². The van der Waals surface area contributed by atoms with Crippen molar-refractivity contribution in [3.8, 4) is 0 Å². The van der Waals surface area contributed by atoms with Crippen molar-refractivity contribution in [2.75, 3.05) is 0 Å². The highest BCUT2D eigenvalue weighted by Crippen LogP contribution is 2.36. The Labute approximate surface area is 119 Å². The Morgan fingerprint density at radius 1 is 1.11 bits per heavy atom. The summed E-state index contributed by atoms with van der Waals surface area (Å²) < 4.78 is 27.4. The van der Waals surface area contributed by atoms with Gasteiger partial charge in [0.05, 0.1) is 5.38 Å². The zero-order chi connectivity index (χ0) is 13.8. The topological polar surface area (TPSA) is 0 Å². The Kier molecular flexibility index (Phi) is 5.20. The van der Waals surface area contributed by atoms with Crippen molar-refractivity contribution < 1.29 is 8.78 Å². The van der Waals surface area contributed by atoms with Gasteiger partial charge in [0.15, 0.2) is 0 Å². The van der Waals surface area contributed by atoms with Crippen molar-refractivity contribution in [2.45, 2.75) is 57.2 Å². The molecule has 1 aliphatic carbocycles. The molecule has 0 aromatic heterocycles. The van der Waals surface area contributed by atoms with Crippen LogP contribution in [0.2, 0.25) is 0 Å². The average molecular weight is 287 g/mol. The van der Waals surface area contributed by atoms with Gasteiger partial charge >= 0.3 is 0 Å². The molecule has 1 atom stereocenters. The minimum atomic E-state index is -0.418. The molecule has 0 nitrogen and oxygen atoms in total. The molecule has 1 unspecified atom stereocenters. The molecular weight excluding hydrogens is 266 g/mol. The van der Waals surface area contributed by atoms with Crippen molar-refractivity contribution in [1.29, 1.82) is 0 Å². The van der Waals surface area contributed by atoms with Gasteiger partial charge < -0.3 is 0 Å². The van der Waals surface area contributed by atoms with Crippen molar-refractivity contribution in [2.24, 2.45) is 5.92 Å². The van der Waals surface area contributed by atoms with E-state index in [0.29, 0.717) is 17.0 Å². The SMILES string of the molecule is Cc1cc(F)c(C(Cl)CC2CCCCCC2)cc1F. The van der Waals surface area contributed by atoms with Gasteiger partial charge in [0.1, 0.15) is 11.6 Å². The largest absolute Gasteiger partial charge is 0.207 e. The van der Waals surface area contributed by atoms with Gasteiger partial charge in [-0.25, -0.2) is 8.78 Å². The highest BCUT2D eigenvalue weighted by molar-refractivity contribution is 6.20. The second-order valence-corrected chi connectivity index (χ2v) is 6.21. The Morgan fingerprint density at radius 3 is 2.37 bits per heavy atom. The van der Waals surface area contributed by atoms with Gasteiger partial charge in [0, 0.05) is 5.56 Å². The molecule has 3 heteroatoms. The third-order valence-electron chi connectivity index (χ3n) is 4.13. The van der Waals surface area contributed by atoms with Gasteiger partial charge in [-0.05, 0) is 37.0 Å². The van der Waals surface area contributed by atoms with Crippen LogP contribution in [0.3, 0.4) is 0 Å². The highest BCUT2D eigenvalue weighted by atomic mass is 35.5. The minimum Gasteiger partial charge on any atom is -0.207 e. The van der Waals surface area contributed by atoms with Crippen LogP contribution in [0.4, 0.5) is 8.78 Å². The summed E-state index contributed by atoms with van der Waals surface area (Å²) in [4.78, 5) is 0. The van der Waals surface area contributed by atoms with Crippen LogP contribution < -0.4 is 0 Å². The predicted octanol–water partition coefficient (Wildman–Crippen LogP) is 5.91. The lowest BCUT2D eigenvalue weighted by molar-refractivity contribution is 0.418. The van der Waals surface area contributed by atoms with E-state index < -0.39 is 5.38 Å². The molecule has 106 valence electrons. The van der Waals surface area contributed by atoms with Crippen molar-refractivity contribution in [3.05, 3.63) is 34.9 Å². The predicted molar refractivity (Wildman–Crippen MR) is 75.5 cm³/mol. The van der Waals surface area contributed by atoms with Crippen LogP contribution in [0, 0.1) is 24.5 Å². The van der Waals surface area contributed by atoms with Gasteiger partial charge in [0.2, 0.25) is 0 Å². The summed E-state index contributed by atoms with van der Waals surface area (Å²) in [6, 6.07) is 2.51. The Morgan fingerprint density at radius 2 is 1.74 bits per heavy atom. The summed E-state index contributed by atoms with van der Waals surface area (Å²) in [5, 5.41) is -0.418. The number of rotatable bonds is 3. The van der Waals surface area contributed by atoms with Gasteiger partial charge in [0.25, 0.3) is 0 Å². The maximum atomic E-state index is 13.9. The van der Waals surface area contributed by atoms with Crippen LogP contribution in [0.1, 0.15) is 61.4 Å². The number of benzene rings is 1. The van der Waals surface area contributed by atoms with Gasteiger partial charge in [-0.15, -0.1) is 11.6 Å². The Bertz CT molecular complexity index is 423. The average Bonchev–Trinajstić information content (AvgIpc) is 2.62. The summed E-state index contributed by atoms with van der Waals surface area (Å²) in [6.45, 7) is 1.57. The standard InChI is InChI=1S/C16H21ClF2/c1-11-8-16(19)13(10-15(11)18)14(17)9-12-6-4-2-3-5-7-12/h8,10,12,14H,2-7,9H2,1H3. The summed E-state index contributed by atoms with van der Waals surface area (Å²) in [7, 11) is 0. The molecule has 0 spiro atoms. The van der Waals surface area contributed by atoms with Crippen LogP contribution in [0.25, 0.3) is 0 Å². The summed E-state index contributed by atoms with van der Waals surface area (Å²) >= 11 is 6.32. The van der Waals surface area contributed by atoms with Crippen molar-refractivity contribution >= 4 is 11.6 Å². The molecular formula is C16H21ClF2. The maximum Gasteiger partial charge on any atom is 0.128 e. The third kappa shape index (κ3) is 3.92. The van der Waals surface area contributed by atoms with Crippen LogP contribution >= 0.6 is 11.6 Å². The lowest BCUT2D eigenvalue weighted by atomic mass is 9.92. The fraction of sp³-hybridized carbons (Fsp3) is 0.625. The summed E-state index contributed by atoms with van der Waals surface area (Å²) in [6.07, 6.45) is 8.13. The smallest absolute Gasteiger partial charge is 0.128 e. The van der Waals surface area contributed by atoms with Crippen LogP contribution in [-0.4, -0.2) is 0 Å². The van der Waals surface area contributed by atoms with Crippen molar-refractivity contribution in [1.82, 2.24) is 0 Å². The maximum absolute atomic E-state index is 13.9. The van der Waals surface area contributed by atoms with Crippen LogP contribution in [0.15, 0.2) is 12.1 Å². The Hall–Kier alpha value is -0.630. The van der Waals surface area contributed by atoms with E-state index in [0.717, 1.165) is 6.42 Å². The fourth-order valence-electron chi connectivity index (χ4n) is 2.92. The van der Waals surface area contributed by atoms with E-state index in [1.165, 1.54) is 50.7 Å². The summed E-state index contributed by atoms with van der Waals surface area (Å²) in [5.74, 6) is -0.204. The van der Waals surface area contributed by atoms with E-state index in [9.17, 15) is 8.78 Å². The molecule has 1 saturated carbocycles. The number of alkyl halides is 1. The molecule has 1 fully saturated rings. The van der Waals surface area contributed by atoms with Gasteiger partial charge in [-0.3, -0.25) is 0 Å². The molecule has 0 amide bonds. The first-order valence-corrected chi connectivity index (χ1v) is 7.61. The zero-order valence-corrected chi connectivity index (χ0v) is 12.1. The minimum absolute atomic E-state index is 0.314. The number of aryl methyl sites for hydroxylation is 1. The lowest BCUT2D eigenvalue weighted by Gasteiger charge is -2.19. The molecule has 0 saturated heterocycles. The molecule has 1 aliphatic rings. The third-order valence-corrected chi connectivity index (χ3v) is 4.54. The zero-order valence-electron chi connectivity index (χ0n) is 11.4. The van der Waals surface area contributed by atoms with E-state index in [2.05, 4.69) is 0 Å². The number of hydrogen-bond acceptors (Lipinski definition) is 0. The fourth-order valence-corrected chi connectivity index (χ4v) is 3.34. The molecule has 0 N–H and O–H groups in total.